The number of nitrogens with zero attached hydrogens (tertiary/aromatic N) is 2. The molecule has 0 radical (unpaired) electrons. The van der Waals surface area contributed by atoms with Crippen molar-refractivity contribution in [3.05, 3.63) is 24.3 Å². The Bertz CT molecular complexity index is 821. The van der Waals surface area contributed by atoms with Gasteiger partial charge in [-0.3, -0.25) is 10.1 Å². The lowest BCUT2D eigenvalue weighted by molar-refractivity contribution is -0.118. The van der Waals surface area contributed by atoms with Gasteiger partial charge in [-0.2, -0.15) is 0 Å². The molecule has 1 aromatic heterocycles. The summed E-state index contributed by atoms with van der Waals surface area (Å²) < 4.78 is 2.31. The number of halogens is 1. The van der Waals surface area contributed by atoms with Gasteiger partial charge in [0.15, 0.2) is 0 Å². The lowest BCUT2D eigenvalue weighted by Gasteiger charge is -2.26. The number of carbonyl (C=O) groups excluding carboxylic acids is 1. The van der Waals surface area contributed by atoms with Gasteiger partial charge in [-0.15, -0.1) is 12.4 Å². The van der Waals surface area contributed by atoms with Crippen molar-refractivity contribution in [1.29, 1.82) is 0 Å². The van der Waals surface area contributed by atoms with Crippen molar-refractivity contribution in [3.8, 4) is 0 Å². The fourth-order valence-electron chi connectivity index (χ4n) is 5.23. The van der Waals surface area contributed by atoms with E-state index in [1.165, 1.54) is 32.1 Å². The number of rotatable bonds is 3. The Balaban J connectivity index is 0.00000180. The number of piperidine rings is 1. The zero-order valence-corrected chi connectivity index (χ0v) is 16.6. The van der Waals surface area contributed by atoms with E-state index >= 15 is 0 Å². The first-order chi connectivity index (χ1) is 12.8. The number of benzene rings is 1. The summed E-state index contributed by atoms with van der Waals surface area (Å²) in [4.78, 5) is 17.8. The third kappa shape index (κ3) is 3.36. The Morgan fingerprint density at radius 1 is 1.15 bits per heavy atom. The second-order valence-electron chi connectivity index (χ2n) is 8.44. The van der Waals surface area contributed by atoms with E-state index in [4.69, 9.17) is 4.98 Å². The van der Waals surface area contributed by atoms with Crippen LogP contribution >= 0.6 is 12.4 Å². The van der Waals surface area contributed by atoms with Crippen LogP contribution < -0.4 is 10.6 Å². The number of nitrogens with one attached hydrogen (secondary N) is 2. The molecule has 3 aliphatic rings. The Labute approximate surface area is 166 Å². The van der Waals surface area contributed by atoms with E-state index in [9.17, 15) is 4.79 Å². The van der Waals surface area contributed by atoms with Crippen molar-refractivity contribution in [2.75, 3.05) is 18.4 Å². The molecule has 1 spiro atoms. The van der Waals surface area contributed by atoms with Crippen molar-refractivity contribution in [2.45, 2.75) is 57.4 Å². The van der Waals surface area contributed by atoms with Gasteiger partial charge in [0.1, 0.15) is 0 Å². The van der Waals surface area contributed by atoms with E-state index in [0.29, 0.717) is 6.04 Å². The molecule has 1 aromatic carbocycles. The van der Waals surface area contributed by atoms with Gasteiger partial charge in [0, 0.05) is 12.0 Å². The van der Waals surface area contributed by atoms with Crippen molar-refractivity contribution in [3.63, 3.8) is 0 Å². The highest BCUT2D eigenvalue weighted by Gasteiger charge is 2.57. The number of fused-ring (bicyclic) bond motifs is 1. The van der Waals surface area contributed by atoms with Gasteiger partial charge in [0.25, 0.3) is 0 Å². The molecule has 1 amide bonds. The number of hydrogen-bond acceptors (Lipinski definition) is 3. The molecule has 1 unspecified atom stereocenters. The van der Waals surface area contributed by atoms with Crippen molar-refractivity contribution in [1.82, 2.24) is 14.9 Å². The predicted molar refractivity (Wildman–Crippen MR) is 110 cm³/mol. The minimum Gasteiger partial charge on any atom is -0.317 e. The SMILES string of the molecule is Cl.O=C(Nc1nc2ccccc2n1C1CCCCC1)C1CC12CCNCC2. The highest BCUT2D eigenvalue weighted by Crippen LogP contribution is 2.58. The van der Waals surface area contributed by atoms with Crippen LogP contribution in [-0.4, -0.2) is 28.5 Å². The van der Waals surface area contributed by atoms with Crippen molar-refractivity contribution >= 4 is 35.3 Å². The minimum absolute atomic E-state index is 0. The van der Waals surface area contributed by atoms with Crippen LogP contribution in [0.1, 0.15) is 57.4 Å². The first-order valence-corrected chi connectivity index (χ1v) is 10.3. The second kappa shape index (κ2) is 7.44. The first-order valence-electron chi connectivity index (χ1n) is 10.3. The highest BCUT2D eigenvalue weighted by atomic mass is 35.5. The van der Waals surface area contributed by atoms with Crippen LogP contribution in [0, 0.1) is 11.3 Å². The van der Waals surface area contributed by atoms with Crippen molar-refractivity contribution < 1.29 is 4.79 Å². The average Bonchev–Trinajstić information content (AvgIpc) is 3.24. The number of amides is 1. The standard InChI is InChI=1S/C21H28N4O.ClH/c26-19(16-14-21(16)10-12-22-13-11-21)24-20-23-17-8-4-5-9-18(17)25(20)15-6-2-1-3-7-15;/h4-5,8-9,15-16,22H,1-3,6-7,10-14H2,(H,23,24,26);1H. The summed E-state index contributed by atoms with van der Waals surface area (Å²) in [6, 6.07) is 8.74. The van der Waals surface area contributed by atoms with E-state index in [0.717, 1.165) is 49.3 Å². The Kier molecular flexibility index (Phi) is 5.17. The average molecular weight is 389 g/mol. The van der Waals surface area contributed by atoms with Crippen molar-refractivity contribution in [2.24, 2.45) is 11.3 Å². The van der Waals surface area contributed by atoms with Crippen LogP contribution in [0.3, 0.4) is 0 Å². The molecule has 2 aliphatic carbocycles. The summed E-state index contributed by atoms with van der Waals surface area (Å²) in [7, 11) is 0. The number of para-hydroxylation sites is 2. The normalized spacial score (nSPS) is 24.5. The highest BCUT2D eigenvalue weighted by molar-refractivity contribution is 5.95. The van der Waals surface area contributed by atoms with Gasteiger partial charge >= 0.3 is 0 Å². The van der Waals surface area contributed by atoms with Crippen LogP contribution in [0.25, 0.3) is 11.0 Å². The molecule has 27 heavy (non-hydrogen) atoms. The van der Waals surface area contributed by atoms with Crippen LogP contribution in [0.15, 0.2) is 24.3 Å². The molecule has 3 fully saturated rings. The molecule has 2 saturated carbocycles. The first kappa shape index (κ1) is 18.8. The quantitative estimate of drug-likeness (QED) is 0.824. The zero-order chi connectivity index (χ0) is 17.6. The van der Waals surface area contributed by atoms with Crippen LogP contribution in [0.4, 0.5) is 5.95 Å². The summed E-state index contributed by atoms with van der Waals surface area (Å²) >= 11 is 0. The number of aromatic nitrogens is 2. The molecule has 146 valence electrons. The molecule has 2 heterocycles. The molecule has 0 bridgehead atoms. The van der Waals surface area contributed by atoms with E-state index < -0.39 is 0 Å². The summed E-state index contributed by atoms with van der Waals surface area (Å²) in [6.45, 7) is 2.09. The smallest absolute Gasteiger partial charge is 0.230 e. The van der Waals surface area contributed by atoms with E-state index in [1.54, 1.807) is 0 Å². The number of carbonyl (C=O) groups is 1. The lowest BCUT2D eigenvalue weighted by Crippen LogP contribution is -2.32. The summed E-state index contributed by atoms with van der Waals surface area (Å²) in [6.07, 6.45) is 9.53. The van der Waals surface area contributed by atoms with Crippen LogP contribution in [0.2, 0.25) is 0 Å². The van der Waals surface area contributed by atoms with Gasteiger partial charge in [0.2, 0.25) is 11.9 Å². The minimum atomic E-state index is 0. The maximum Gasteiger partial charge on any atom is 0.230 e. The molecule has 1 saturated heterocycles. The fraction of sp³-hybridized carbons (Fsp3) is 0.619. The molecular weight excluding hydrogens is 360 g/mol. The molecule has 1 atom stereocenters. The van der Waals surface area contributed by atoms with Gasteiger partial charge in [-0.1, -0.05) is 31.4 Å². The van der Waals surface area contributed by atoms with Gasteiger partial charge in [-0.05, 0) is 62.7 Å². The van der Waals surface area contributed by atoms with Gasteiger partial charge in [-0.25, -0.2) is 4.98 Å². The maximum atomic E-state index is 13.0. The monoisotopic (exact) mass is 388 g/mol. The third-order valence-corrected chi connectivity index (χ3v) is 6.88. The Morgan fingerprint density at radius 2 is 1.89 bits per heavy atom. The predicted octanol–water partition coefficient (Wildman–Crippen LogP) is 4.29. The molecule has 1 aliphatic heterocycles. The molecule has 5 nitrogen and oxygen atoms in total. The molecule has 2 aromatic rings. The van der Waals surface area contributed by atoms with Gasteiger partial charge < -0.3 is 9.88 Å². The Hall–Kier alpha value is -1.59. The zero-order valence-electron chi connectivity index (χ0n) is 15.7. The Morgan fingerprint density at radius 3 is 2.67 bits per heavy atom. The molecular formula is C21H29ClN4O. The topological polar surface area (TPSA) is 59.0 Å². The number of hydrogen-bond donors (Lipinski definition) is 2. The molecule has 6 heteroatoms. The second-order valence-corrected chi connectivity index (χ2v) is 8.44. The largest absolute Gasteiger partial charge is 0.317 e. The summed E-state index contributed by atoms with van der Waals surface area (Å²) in [5, 5.41) is 6.63. The summed E-state index contributed by atoms with van der Waals surface area (Å²) in [5.74, 6) is 1.11. The van der Waals surface area contributed by atoms with Crippen LogP contribution in [-0.2, 0) is 4.79 Å². The fourth-order valence-corrected chi connectivity index (χ4v) is 5.23. The lowest BCUT2D eigenvalue weighted by atomic mass is 9.92. The number of imidazole rings is 1. The third-order valence-electron chi connectivity index (χ3n) is 6.88. The van der Waals surface area contributed by atoms with E-state index in [-0.39, 0.29) is 29.6 Å². The number of anilines is 1. The van der Waals surface area contributed by atoms with E-state index in [2.05, 4.69) is 33.4 Å². The van der Waals surface area contributed by atoms with E-state index in [1.807, 2.05) is 6.07 Å². The van der Waals surface area contributed by atoms with Gasteiger partial charge in [0.05, 0.1) is 11.0 Å². The van der Waals surface area contributed by atoms with Crippen LogP contribution in [0.5, 0.6) is 0 Å². The summed E-state index contributed by atoms with van der Waals surface area (Å²) in [5.41, 5.74) is 2.40. The molecule has 2 N–H and O–H groups in total. The molecule has 5 rings (SSSR count). The maximum absolute atomic E-state index is 13.0.